The third-order valence-electron chi connectivity index (χ3n) is 7.86. The summed E-state index contributed by atoms with van der Waals surface area (Å²) in [4.78, 5) is 19.7. The van der Waals surface area contributed by atoms with E-state index in [1.807, 2.05) is 48.5 Å². The minimum atomic E-state index is -0.269. The second-order valence-corrected chi connectivity index (χ2v) is 10.2. The normalized spacial score (nSPS) is 14.5. The van der Waals surface area contributed by atoms with E-state index >= 15 is 0 Å². The number of para-hydroxylation sites is 1. The monoisotopic (exact) mass is 586 g/mol. The Bertz CT molecular complexity index is 1590. The first kappa shape index (κ1) is 29.8. The number of benzene rings is 3. The third-order valence-corrected chi connectivity index (χ3v) is 7.86. The van der Waals surface area contributed by atoms with Gasteiger partial charge in [-0.3, -0.25) is 9.88 Å². The SMILES string of the molecule is COc1ccc(CC2c3c(cc(OC)c(OC)c3OC)CCN2CCNC(=O)Nc2ccnc3ccccc23)cc1OC. The molecule has 1 aliphatic rings. The standard InChI is InChI=1S/C33H38N4O6/c1-39-27-11-10-21(19-28(27)40-2)18-26-30-22(20-29(41-3)31(42-4)32(30)43-5)13-16-37(26)17-15-35-33(38)36-25-12-14-34-24-9-7-6-8-23(24)25/h6-12,14,19-20,26H,13,15-18H2,1-5H3,(H2,34,35,36,38). The smallest absolute Gasteiger partial charge is 0.319 e. The van der Waals surface area contributed by atoms with E-state index in [0.29, 0.717) is 53.9 Å². The molecule has 1 unspecified atom stereocenters. The molecule has 226 valence electrons. The zero-order valence-electron chi connectivity index (χ0n) is 25.2. The van der Waals surface area contributed by atoms with E-state index in [1.165, 1.54) is 0 Å². The molecule has 10 heteroatoms. The lowest BCUT2D eigenvalue weighted by Gasteiger charge is -2.39. The molecule has 0 bridgehead atoms. The van der Waals surface area contributed by atoms with Gasteiger partial charge in [-0.25, -0.2) is 4.79 Å². The molecular weight excluding hydrogens is 548 g/mol. The molecule has 1 aliphatic heterocycles. The van der Waals surface area contributed by atoms with Crippen molar-refractivity contribution in [1.29, 1.82) is 0 Å². The van der Waals surface area contributed by atoms with Crippen LogP contribution < -0.4 is 34.3 Å². The fraction of sp³-hybridized carbons (Fsp3) is 0.333. The largest absolute Gasteiger partial charge is 0.493 e. The molecule has 4 aromatic rings. The van der Waals surface area contributed by atoms with Crippen LogP contribution in [0.3, 0.4) is 0 Å². The first-order valence-corrected chi connectivity index (χ1v) is 14.2. The van der Waals surface area contributed by atoms with Gasteiger partial charge in [-0.1, -0.05) is 24.3 Å². The zero-order valence-corrected chi connectivity index (χ0v) is 25.2. The molecule has 2 amide bonds. The average Bonchev–Trinajstić information content (AvgIpc) is 3.04. The quantitative estimate of drug-likeness (QED) is 0.246. The summed E-state index contributed by atoms with van der Waals surface area (Å²) in [7, 11) is 8.16. The Hall–Kier alpha value is -4.70. The van der Waals surface area contributed by atoms with Gasteiger partial charge in [0.05, 0.1) is 46.8 Å². The number of methoxy groups -OCH3 is 5. The number of hydrogen-bond donors (Lipinski definition) is 2. The van der Waals surface area contributed by atoms with E-state index in [-0.39, 0.29) is 12.1 Å². The highest BCUT2D eigenvalue weighted by molar-refractivity contribution is 6.00. The second-order valence-electron chi connectivity index (χ2n) is 10.2. The predicted molar refractivity (Wildman–Crippen MR) is 166 cm³/mol. The number of nitrogens with one attached hydrogen (secondary N) is 2. The van der Waals surface area contributed by atoms with Crippen molar-refractivity contribution in [3.05, 3.63) is 77.5 Å². The number of carbonyl (C=O) groups is 1. The third kappa shape index (κ3) is 6.24. The highest BCUT2D eigenvalue weighted by atomic mass is 16.5. The molecule has 0 spiro atoms. The van der Waals surface area contributed by atoms with Crippen molar-refractivity contribution in [2.75, 3.05) is 60.5 Å². The van der Waals surface area contributed by atoms with Crippen LogP contribution in [-0.4, -0.2) is 71.1 Å². The molecule has 1 aromatic heterocycles. The zero-order chi connectivity index (χ0) is 30.3. The highest BCUT2D eigenvalue weighted by Crippen LogP contribution is 2.48. The van der Waals surface area contributed by atoms with E-state index < -0.39 is 0 Å². The van der Waals surface area contributed by atoms with Crippen molar-refractivity contribution in [2.45, 2.75) is 18.9 Å². The fourth-order valence-electron chi connectivity index (χ4n) is 5.82. The molecule has 5 rings (SSSR count). The van der Waals surface area contributed by atoms with E-state index in [2.05, 4.69) is 20.5 Å². The molecule has 0 fully saturated rings. The van der Waals surface area contributed by atoms with Crippen LogP contribution in [-0.2, 0) is 12.8 Å². The summed E-state index contributed by atoms with van der Waals surface area (Å²) in [5.41, 5.74) is 4.81. The van der Waals surface area contributed by atoms with Gasteiger partial charge in [0.25, 0.3) is 0 Å². The van der Waals surface area contributed by atoms with E-state index in [4.69, 9.17) is 23.7 Å². The van der Waals surface area contributed by atoms with Crippen LogP contribution in [0.1, 0.15) is 22.7 Å². The van der Waals surface area contributed by atoms with Gasteiger partial charge in [0.2, 0.25) is 5.75 Å². The van der Waals surface area contributed by atoms with Crippen LogP contribution in [0.2, 0.25) is 0 Å². The molecule has 2 N–H and O–H groups in total. The Morgan fingerprint density at radius 1 is 0.884 bits per heavy atom. The summed E-state index contributed by atoms with van der Waals surface area (Å²) in [5.74, 6) is 3.20. The number of carbonyl (C=O) groups excluding carboxylic acids is 1. The van der Waals surface area contributed by atoms with Gasteiger partial charge in [0, 0.05) is 42.8 Å². The molecule has 1 atom stereocenters. The minimum Gasteiger partial charge on any atom is -0.493 e. The summed E-state index contributed by atoms with van der Waals surface area (Å²) in [6.07, 6.45) is 3.16. The molecule has 0 aliphatic carbocycles. The molecule has 43 heavy (non-hydrogen) atoms. The van der Waals surface area contributed by atoms with Crippen molar-refractivity contribution in [2.24, 2.45) is 0 Å². The van der Waals surface area contributed by atoms with Crippen LogP contribution in [0.4, 0.5) is 10.5 Å². The average molecular weight is 587 g/mol. The first-order valence-electron chi connectivity index (χ1n) is 14.2. The molecule has 0 radical (unpaired) electrons. The summed E-state index contributed by atoms with van der Waals surface area (Å²) in [6, 6.07) is 17.2. The summed E-state index contributed by atoms with van der Waals surface area (Å²) >= 11 is 0. The number of aromatic nitrogens is 1. The Morgan fingerprint density at radius 3 is 2.40 bits per heavy atom. The molecule has 0 saturated heterocycles. The van der Waals surface area contributed by atoms with E-state index in [0.717, 1.165) is 40.6 Å². The lowest BCUT2D eigenvalue weighted by Crippen LogP contribution is -2.42. The molecule has 2 heterocycles. The van der Waals surface area contributed by atoms with Crippen molar-refractivity contribution in [1.82, 2.24) is 15.2 Å². The van der Waals surface area contributed by atoms with Crippen molar-refractivity contribution in [3.63, 3.8) is 0 Å². The first-order chi connectivity index (χ1) is 21.0. The highest BCUT2D eigenvalue weighted by Gasteiger charge is 2.34. The number of ether oxygens (including phenoxy) is 5. The van der Waals surface area contributed by atoms with Crippen LogP contribution in [0, 0.1) is 0 Å². The van der Waals surface area contributed by atoms with E-state index in [9.17, 15) is 4.79 Å². The maximum absolute atomic E-state index is 12.9. The van der Waals surface area contributed by atoms with Gasteiger partial charge in [0.1, 0.15) is 0 Å². The minimum absolute atomic E-state index is 0.0643. The van der Waals surface area contributed by atoms with Crippen LogP contribution >= 0.6 is 0 Å². The number of rotatable bonds is 11. The number of fused-ring (bicyclic) bond motifs is 2. The van der Waals surface area contributed by atoms with E-state index in [1.54, 1.807) is 47.8 Å². The van der Waals surface area contributed by atoms with Gasteiger partial charge < -0.3 is 34.3 Å². The van der Waals surface area contributed by atoms with Gasteiger partial charge in [0.15, 0.2) is 23.0 Å². The summed E-state index contributed by atoms with van der Waals surface area (Å²) < 4.78 is 28.4. The molecule has 0 saturated carbocycles. The maximum atomic E-state index is 12.9. The molecular formula is C33H38N4O6. The Kier molecular flexibility index (Phi) is 9.36. The molecule has 3 aromatic carbocycles. The number of hydrogen-bond acceptors (Lipinski definition) is 8. The number of amides is 2. The van der Waals surface area contributed by atoms with Crippen molar-refractivity contribution >= 4 is 22.6 Å². The number of anilines is 1. The Balaban J connectivity index is 1.39. The number of pyridine rings is 1. The van der Waals surface area contributed by atoms with Crippen molar-refractivity contribution < 1.29 is 28.5 Å². The fourth-order valence-corrected chi connectivity index (χ4v) is 5.82. The lowest BCUT2D eigenvalue weighted by molar-refractivity contribution is 0.178. The van der Waals surface area contributed by atoms with Gasteiger partial charge in [-0.2, -0.15) is 0 Å². The van der Waals surface area contributed by atoms with Crippen LogP contribution in [0.25, 0.3) is 10.9 Å². The topological polar surface area (TPSA) is 103 Å². The van der Waals surface area contributed by atoms with Crippen molar-refractivity contribution in [3.8, 4) is 28.7 Å². The Labute approximate surface area is 251 Å². The maximum Gasteiger partial charge on any atom is 0.319 e. The molecule has 10 nitrogen and oxygen atoms in total. The van der Waals surface area contributed by atoms with Gasteiger partial charge >= 0.3 is 6.03 Å². The van der Waals surface area contributed by atoms with Gasteiger partial charge in [-0.05, 0) is 54.3 Å². The van der Waals surface area contributed by atoms with Crippen LogP contribution in [0.5, 0.6) is 28.7 Å². The number of urea groups is 1. The van der Waals surface area contributed by atoms with Crippen LogP contribution in [0.15, 0.2) is 60.8 Å². The van der Waals surface area contributed by atoms with Gasteiger partial charge in [-0.15, -0.1) is 0 Å². The summed E-state index contributed by atoms with van der Waals surface area (Å²) in [5, 5.41) is 6.89. The Morgan fingerprint density at radius 2 is 1.65 bits per heavy atom. The number of nitrogens with zero attached hydrogens (tertiary/aromatic N) is 2. The predicted octanol–water partition coefficient (Wildman–Crippen LogP) is 5.24. The second kappa shape index (κ2) is 13.5. The summed E-state index contributed by atoms with van der Waals surface area (Å²) in [6.45, 7) is 1.86. The lowest BCUT2D eigenvalue weighted by atomic mass is 9.87.